The first-order valence-electron chi connectivity index (χ1n) is 4.84. The van der Waals surface area contributed by atoms with Gasteiger partial charge in [-0.1, -0.05) is 0 Å². The van der Waals surface area contributed by atoms with Crippen molar-refractivity contribution in [2.45, 2.75) is 4.90 Å². The molecule has 0 bridgehead atoms. The maximum atomic E-state index is 11.5. The fourth-order valence-corrected chi connectivity index (χ4v) is 1.94. The lowest BCUT2D eigenvalue weighted by molar-refractivity contribution is -0.386. The van der Waals surface area contributed by atoms with Gasteiger partial charge in [0.15, 0.2) is 12.4 Å². The van der Waals surface area contributed by atoms with E-state index in [2.05, 4.69) is 0 Å². The number of carbonyl (C=O) groups is 1. The van der Waals surface area contributed by atoms with Crippen LogP contribution in [-0.2, 0) is 14.8 Å². The minimum absolute atomic E-state index is 0.315. The highest BCUT2D eigenvalue weighted by Crippen LogP contribution is 2.29. The first kappa shape index (κ1) is 14.9. The third-order valence-electron chi connectivity index (χ3n) is 2.06. The second-order valence-electron chi connectivity index (χ2n) is 3.28. The van der Waals surface area contributed by atoms with Gasteiger partial charge in [0.25, 0.3) is 0 Å². The molecule has 0 aliphatic carbocycles. The van der Waals surface area contributed by atoms with E-state index in [9.17, 15) is 23.3 Å². The number of nitro groups is 1. The van der Waals surface area contributed by atoms with Gasteiger partial charge in [-0.2, -0.15) is 0 Å². The van der Waals surface area contributed by atoms with E-state index in [4.69, 9.17) is 9.84 Å². The van der Waals surface area contributed by atoms with Crippen LogP contribution in [-0.4, -0.2) is 38.1 Å². The summed E-state index contributed by atoms with van der Waals surface area (Å²) in [6, 6.07) is 2.91. The molecule has 0 amide bonds. The van der Waals surface area contributed by atoms with E-state index in [1.54, 1.807) is 0 Å². The lowest BCUT2D eigenvalue weighted by Crippen LogP contribution is -2.18. The molecule has 10 heteroatoms. The summed E-state index contributed by atoms with van der Waals surface area (Å²) in [5, 5.41) is 19.2. The van der Waals surface area contributed by atoms with Crippen molar-refractivity contribution < 1.29 is 28.0 Å². The summed E-state index contributed by atoms with van der Waals surface area (Å²) < 4.78 is 29.7. The number of nitro benzene ring substituents is 1. The number of sulfonamides is 1. The standard InChI is InChI=1S/C9H10N2O7S/c1-10-19(16,17)6-2-3-8(18-5-9(12)13)7(4-6)11(14)15/h2-4,10H,5H2,1H3,(H,12,13). The van der Waals surface area contributed by atoms with Crippen molar-refractivity contribution in [3.05, 3.63) is 28.3 Å². The number of rotatable bonds is 6. The van der Waals surface area contributed by atoms with Crippen LogP contribution in [0.2, 0.25) is 0 Å². The van der Waals surface area contributed by atoms with Crippen LogP contribution >= 0.6 is 0 Å². The van der Waals surface area contributed by atoms with Crippen LogP contribution in [0.1, 0.15) is 0 Å². The Hall–Kier alpha value is -2.20. The molecule has 0 saturated heterocycles. The van der Waals surface area contributed by atoms with E-state index >= 15 is 0 Å². The zero-order valence-corrected chi connectivity index (χ0v) is 10.5. The highest BCUT2D eigenvalue weighted by atomic mass is 32.2. The zero-order valence-electron chi connectivity index (χ0n) is 9.69. The number of hydrogen-bond acceptors (Lipinski definition) is 6. The van der Waals surface area contributed by atoms with Gasteiger partial charge in [-0.3, -0.25) is 10.1 Å². The molecule has 0 unspecified atom stereocenters. The number of aliphatic carboxylic acids is 1. The molecule has 19 heavy (non-hydrogen) atoms. The van der Waals surface area contributed by atoms with Gasteiger partial charge in [-0.25, -0.2) is 17.9 Å². The highest BCUT2D eigenvalue weighted by molar-refractivity contribution is 7.89. The Morgan fingerprint density at radius 1 is 1.53 bits per heavy atom. The SMILES string of the molecule is CNS(=O)(=O)c1ccc(OCC(=O)O)c([N+](=O)[O-])c1. The van der Waals surface area contributed by atoms with Gasteiger partial charge in [0.2, 0.25) is 10.0 Å². The predicted octanol–water partition coefficient (Wildman–Crippen LogP) is -0.0337. The van der Waals surface area contributed by atoms with Gasteiger partial charge in [-0.15, -0.1) is 0 Å². The number of carboxylic acids is 1. The summed E-state index contributed by atoms with van der Waals surface area (Å²) in [6.45, 7) is -0.765. The van der Waals surface area contributed by atoms with Crippen molar-refractivity contribution in [2.24, 2.45) is 0 Å². The first-order valence-corrected chi connectivity index (χ1v) is 6.33. The molecule has 0 aliphatic rings. The fraction of sp³-hybridized carbons (Fsp3) is 0.222. The van der Waals surface area contributed by atoms with Crippen molar-refractivity contribution in [2.75, 3.05) is 13.7 Å². The molecule has 0 aliphatic heterocycles. The molecular weight excluding hydrogens is 280 g/mol. The number of ether oxygens (including phenoxy) is 1. The largest absolute Gasteiger partial charge is 0.479 e. The molecule has 0 spiro atoms. The Bertz CT molecular complexity index is 611. The van der Waals surface area contributed by atoms with E-state index in [0.717, 1.165) is 25.2 Å². The molecule has 0 heterocycles. The fourth-order valence-electron chi connectivity index (χ4n) is 1.19. The number of carboxylic acid groups (broad SMARTS) is 1. The van der Waals surface area contributed by atoms with Crippen LogP contribution in [0.15, 0.2) is 23.1 Å². The second-order valence-corrected chi connectivity index (χ2v) is 5.16. The summed E-state index contributed by atoms with van der Waals surface area (Å²) in [5.41, 5.74) is -0.627. The van der Waals surface area contributed by atoms with Crippen molar-refractivity contribution >= 4 is 21.7 Å². The summed E-state index contributed by atoms with van der Waals surface area (Å²) in [6.07, 6.45) is 0. The summed E-state index contributed by atoms with van der Waals surface area (Å²) in [5.74, 6) is -1.62. The van der Waals surface area contributed by atoms with Gasteiger partial charge in [0.1, 0.15) is 0 Å². The molecular formula is C9H10N2O7S. The highest BCUT2D eigenvalue weighted by Gasteiger charge is 2.21. The van der Waals surface area contributed by atoms with Crippen LogP contribution in [0.3, 0.4) is 0 Å². The molecule has 1 rings (SSSR count). The lowest BCUT2D eigenvalue weighted by Gasteiger charge is -2.06. The third kappa shape index (κ3) is 3.63. The Kier molecular flexibility index (Phi) is 4.40. The first-order chi connectivity index (χ1) is 8.77. The topological polar surface area (TPSA) is 136 Å². The van der Waals surface area contributed by atoms with Crippen LogP contribution in [0, 0.1) is 10.1 Å². The molecule has 0 saturated carbocycles. The zero-order chi connectivity index (χ0) is 14.6. The van der Waals surface area contributed by atoms with Crippen molar-refractivity contribution in [3.8, 4) is 5.75 Å². The van der Waals surface area contributed by atoms with Crippen molar-refractivity contribution in [1.82, 2.24) is 4.72 Å². The van der Waals surface area contributed by atoms with E-state index in [0.29, 0.717) is 0 Å². The molecule has 9 nitrogen and oxygen atoms in total. The van der Waals surface area contributed by atoms with Crippen LogP contribution in [0.5, 0.6) is 5.75 Å². The molecule has 1 aromatic carbocycles. The minimum atomic E-state index is -3.83. The molecule has 0 radical (unpaired) electrons. The van der Waals surface area contributed by atoms with Crippen molar-refractivity contribution in [1.29, 1.82) is 0 Å². The van der Waals surface area contributed by atoms with Gasteiger partial charge in [0.05, 0.1) is 9.82 Å². The Labute approximate surface area is 108 Å². The van der Waals surface area contributed by atoms with Gasteiger partial charge in [0, 0.05) is 6.07 Å². The molecule has 0 aromatic heterocycles. The Morgan fingerprint density at radius 2 is 2.16 bits per heavy atom. The molecule has 0 atom stereocenters. The number of nitrogens with one attached hydrogen (secondary N) is 1. The van der Waals surface area contributed by atoms with E-state index in [-0.39, 0.29) is 10.6 Å². The molecule has 0 fully saturated rings. The molecule has 104 valence electrons. The van der Waals surface area contributed by atoms with Crippen molar-refractivity contribution in [3.63, 3.8) is 0 Å². The normalized spacial score (nSPS) is 11.0. The summed E-state index contributed by atoms with van der Waals surface area (Å²) in [7, 11) is -2.67. The number of nitrogens with zero attached hydrogens (tertiary/aromatic N) is 1. The lowest BCUT2D eigenvalue weighted by atomic mass is 10.3. The monoisotopic (exact) mass is 290 g/mol. The number of hydrogen-bond donors (Lipinski definition) is 2. The maximum absolute atomic E-state index is 11.5. The van der Waals surface area contributed by atoms with Crippen LogP contribution < -0.4 is 9.46 Å². The van der Waals surface area contributed by atoms with Gasteiger partial charge >= 0.3 is 11.7 Å². The van der Waals surface area contributed by atoms with Crippen LogP contribution in [0.25, 0.3) is 0 Å². The number of benzene rings is 1. The minimum Gasteiger partial charge on any atom is -0.479 e. The van der Waals surface area contributed by atoms with E-state index in [1.807, 2.05) is 4.72 Å². The average Bonchev–Trinajstić information content (AvgIpc) is 2.35. The van der Waals surface area contributed by atoms with Gasteiger partial charge in [-0.05, 0) is 19.2 Å². The second kappa shape index (κ2) is 5.63. The third-order valence-corrected chi connectivity index (χ3v) is 3.47. The summed E-state index contributed by atoms with van der Waals surface area (Å²) >= 11 is 0. The van der Waals surface area contributed by atoms with E-state index in [1.165, 1.54) is 0 Å². The molecule has 2 N–H and O–H groups in total. The average molecular weight is 290 g/mol. The smallest absolute Gasteiger partial charge is 0.341 e. The maximum Gasteiger partial charge on any atom is 0.341 e. The van der Waals surface area contributed by atoms with E-state index < -0.39 is 33.2 Å². The quantitative estimate of drug-likeness (QED) is 0.554. The Morgan fingerprint density at radius 3 is 2.63 bits per heavy atom. The summed E-state index contributed by atoms with van der Waals surface area (Å²) in [4.78, 5) is 20.0. The molecule has 1 aromatic rings. The van der Waals surface area contributed by atoms with Gasteiger partial charge < -0.3 is 9.84 Å². The van der Waals surface area contributed by atoms with Crippen LogP contribution in [0.4, 0.5) is 5.69 Å². The predicted molar refractivity (Wildman–Crippen MR) is 62.5 cm³/mol. The Balaban J connectivity index is 3.23.